The molecule has 7 nitrogen and oxygen atoms in total. The van der Waals surface area contributed by atoms with Gasteiger partial charge in [0.05, 0.1) is 11.1 Å². The summed E-state index contributed by atoms with van der Waals surface area (Å²) in [7, 11) is 0. The highest BCUT2D eigenvalue weighted by molar-refractivity contribution is 6.05. The summed E-state index contributed by atoms with van der Waals surface area (Å²) in [5.41, 5.74) is 4.56. The number of carbonyl (C=O) groups is 3. The molecule has 3 aromatic carbocycles. The van der Waals surface area contributed by atoms with Gasteiger partial charge in [0.25, 0.3) is 11.8 Å². The Kier molecular flexibility index (Phi) is 7.15. The number of alkyl halides is 3. The fraction of sp³-hybridized carbons (Fsp3) is 0.0870. The number of nitrogens with one attached hydrogen (secondary N) is 2. The summed E-state index contributed by atoms with van der Waals surface area (Å²) >= 11 is 0. The Hall–Kier alpha value is -4.41. The van der Waals surface area contributed by atoms with Gasteiger partial charge in [0, 0.05) is 22.6 Å². The Bertz CT molecular complexity index is 1240. The Labute approximate surface area is 190 Å². The van der Waals surface area contributed by atoms with Crippen LogP contribution in [0.15, 0.2) is 66.7 Å². The van der Waals surface area contributed by atoms with Crippen molar-refractivity contribution in [2.45, 2.75) is 6.18 Å². The predicted molar refractivity (Wildman–Crippen MR) is 116 cm³/mol. The molecule has 0 fully saturated rings. The number of rotatable bonds is 6. The largest absolute Gasteiger partial charge is 0.452 e. The second-order valence-corrected chi connectivity index (χ2v) is 6.97. The van der Waals surface area contributed by atoms with Crippen molar-refractivity contribution < 1.29 is 36.7 Å². The second kappa shape index (κ2) is 10.0. The molecule has 11 heteroatoms. The smallest absolute Gasteiger partial charge is 0.416 e. The van der Waals surface area contributed by atoms with E-state index in [0.29, 0.717) is 0 Å². The summed E-state index contributed by atoms with van der Waals surface area (Å²) < 4.78 is 56.5. The maximum atomic E-state index is 13.1. The van der Waals surface area contributed by atoms with Crippen molar-refractivity contribution in [3.63, 3.8) is 0 Å². The second-order valence-electron chi connectivity index (χ2n) is 6.97. The van der Waals surface area contributed by atoms with Crippen molar-refractivity contribution >= 4 is 34.8 Å². The van der Waals surface area contributed by atoms with Crippen molar-refractivity contribution in [1.82, 2.24) is 0 Å². The van der Waals surface area contributed by atoms with Gasteiger partial charge in [-0.2, -0.15) is 13.2 Å². The van der Waals surface area contributed by atoms with Gasteiger partial charge in [-0.15, -0.1) is 0 Å². The molecule has 0 heterocycles. The first-order valence-corrected chi connectivity index (χ1v) is 9.63. The van der Waals surface area contributed by atoms with E-state index < -0.39 is 41.9 Å². The van der Waals surface area contributed by atoms with Crippen molar-refractivity contribution in [3.05, 3.63) is 89.2 Å². The fourth-order valence-electron chi connectivity index (χ4n) is 2.84. The molecule has 0 spiro atoms. The molecule has 0 aliphatic carbocycles. The van der Waals surface area contributed by atoms with E-state index in [2.05, 4.69) is 10.6 Å². The van der Waals surface area contributed by atoms with Gasteiger partial charge in [-0.05, 0) is 54.6 Å². The number of hydrogen-bond acceptors (Lipinski definition) is 5. The lowest BCUT2D eigenvalue weighted by atomic mass is 10.1. The normalized spacial score (nSPS) is 10.9. The molecule has 0 unspecified atom stereocenters. The Morgan fingerprint density at radius 1 is 0.882 bits per heavy atom. The summed E-state index contributed by atoms with van der Waals surface area (Å²) in [5.74, 6) is -3.00. The van der Waals surface area contributed by atoms with Crippen LogP contribution in [0.5, 0.6) is 0 Å². The number of nitrogen functional groups attached to an aromatic ring is 1. The first-order valence-electron chi connectivity index (χ1n) is 9.63. The lowest BCUT2D eigenvalue weighted by Gasteiger charge is -2.11. The Morgan fingerprint density at radius 3 is 2.24 bits per heavy atom. The number of anilines is 3. The van der Waals surface area contributed by atoms with E-state index in [1.165, 1.54) is 30.3 Å². The number of halogens is 4. The molecule has 0 radical (unpaired) electrons. The number of ether oxygens (including phenoxy) is 1. The first-order chi connectivity index (χ1) is 16.0. The van der Waals surface area contributed by atoms with Crippen LogP contribution >= 0.6 is 0 Å². The molecule has 0 bridgehead atoms. The molecule has 0 aliphatic heterocycles. The van der Waals surface area contributed by atoms with Crippen LogP contribution in [0.1, 0.15) is 26.3 Å². The molecule has 0 atom stereocenters. The average molecular weight is 475 g/mol. The van der Waals surface area contributed by atoms with E-state index >= 15 is 0 Å². The molecule has 2 amide bonds. The number of carbonyl (C=O) groups excluding carboxylic acids is 3. The van der Waals surface area contributed by atoms with Crippen molar-refractivity contribution in [2.24, 2.45) is 0 Å². The molecule has 34 heavy (non-hydrogen) atoms. The molecular weight excluding hydrogens is 458 g/mol. The van der Waals surface area contributed by atoms with Crippen LogP contribution in [0, 0.1) is 5.82 Å². The predicted octanol–water partition coefficient (Wildman–Crippen LogP) is 4.47. The van der Waals surface area contributed by atoms with Crippen LogP contribution in [0.4, 0.5) is 34.6 Å². The maximum Gasteiger partial charge on any atom is 0.416 e. The first kappa shape index (κ1) is 24.2. The molecule has 3 aromatic rings. The molecule has 0 aromatic heterocycles. The van der Waals surface area contributed by atoms with Gasteiger partial charge in [-0.25, -0.2) is 9.18 Å². The number of esters is 1. The zero-order valence-corrected chi connectivity index (χ0v) is 17.3. The molecule has 0 saturated carbocycles. The maximum absolute atomic E-state index is 13.1. The highest BCUT2D eigenvalue weighted by Gasteiger charge is 2.30. The van der Waals surface area contributed by atoms with Crippen molar-refractivity contribution in [2.75, 3.05) is 23.0 Å². The minimum Gasteiger partial charge on any atom is -0.452 e. The summed E-state index contributed by atoms with van der Waals surface area (Å²) in [6.45, 7) is -0.684. The quantitative estimate of drug-likeness (QED) is 0.277. The van der Waals surface area contributed by atoms with Crippen LogP contribution in [0.3, 0.4) is 0 Å². The van der Waals surface area contributed by atoms with Crippen LogP contribution < -0.4 is 16.4 Å². The summed E-state index contributed by atoms with van der Waals surface area (Å²) in [6.07, 6.45) is -4.56. The number of benzene rings is 3. The summed E-state index contributed by atoms with van der Waals surface area (Å²) in [4.78, 5) is 36.5. The van der Waals surface area contributed by atoms with Crippen LogP contribution in [-0.2, 0) is 15.7 Å². The molecule has 0 aliphatic rings. The monoisotopic (exact) mass is 475 g/mol. The third-order valence-electron chi connectivity index (χ3n) is 4.42. The molecule has 176 valence electrons. The van der Waals surface area contributed by atoms with Gasteiger partial charge >= 0.3 is 12.1 Å². The van der Waals surface area contributed by atoms with E-state index in [1.54, 1.807) is 0 Å². The van der Waals surface area contributed by atoms with Gasteiger partial charge in [-0.1, -0.05) is 12.1 Å². The van der Waals surface area contributed by atoms with E-state index in [0.717, 1.165) is 36.4 Å². The Morgan fingerprint density at radius 2 is 1.56 bits per heavy atom. The van der Waals surface area contributed by atoms with Gasteiger partial charge in [0.15, 0.2) is 6.61 Å². The highest BCUT2D eigenvalue weighted by Crippen LogP contribution is 2.30. The number of hydrogen-bond donors (Lipinski definition) is 3. The highest BCUT2D eigenvalue weighted by atomic mass is 19.4. The lowest BCUT2D eigenvalue weighted by Crippen LogP contribution is -2.21. The molecular formula is C23H17F4N3O4. The number of nitrogens with two attached hydrogens (primary N) is 1. The van der Waals surface area contributed by atoms with Gasteiger partial charge in [0.1, 0.15) is 5.82 Å². The summed E-state index contributed by atoms with van der Waals surface area (Å²) in [6, 6.07) is 12.8. The third-order valence-corrected chi connectivity index (χ3v) is 4.42. The fourth-order valence-corrected chi connectivity index (χ4v) is 2.84. The molecule has 0 saturated heterocycles. The molecule has 3 rings (SSSR count). The van der Waals surface area contributed by atoms with Crippen molar-refractivity contribution in [3.8, 4) is 0 Å². The summed E-state index contributed by atoms with van der Waals surface area (Å²) in [5, 5.41) is 4.78. The van der Waals surface area contributed by atoms with Gasteiger partial charge < -0.3 is 21.1 Å². The zero-order chi connectivity index (χ0) is 24.9. The Balaban J connectivity index is 1.60. The SMILES string of the molecule is Nc1cc(F)ccc1C(=O)OCC(=O)Nc1cccc(C(=O)Nc2cccc(C(F)(F)F)c2)c1. The minimum atomic E-state index is -4.56. The lowest BCUT2D eigenvalue weighted by molar-refractivity contribution is -0.137. The van der Waals surface area contributed by atoms with Gasteiger partial charge in [0.2, 0.25) is 0 Å². The van der Waals surface area contributed by atoms with Crippen molar-refractivity contribution in [1.29, 1.82) is 0 Å². The number of amides is 2. The topological polar surface area (TPSA) is 111 Å². The van der Waals surface area contributed by atoms with E-state index in [1.807, 2.05) is 0 Å². The third kappa shape index (κ3) is 6.31. The van der Waals surface area contributed by atoms with Crippen LogP contribution in [-0.4, -0.2) is 24.4 Å². The molecule has 4 N–H and O–H groups in total. The van der Waals surface area contributed by atoms with E-state index in [4.69, 9.17) is 10.5 Å². The van der Waals surface area contributed by atoms with E-state index in [9.17, 15) is 31.9 Å². The van der Waals surface area contributed by atoms with Gasteiger partial charge in [-0.3, -0.25) is 9.59 Å². The van der Waals surface area contributed by atoms with Crippen LogP contribution in [0.2, 0.25) is 0 Å². The zero-order valence-electron chi connectivity index (χ0n) is 17.3. The van der Waals surface area contributed by atoms with E-state index in [-0.39, 0.29) is 28.2 Å². The standard InChI is InChI=1S/C23H17F4N3O4/c24-15-7-8-18(19(28)11-15)22(33)34-12-20(31)29-16-5-1-3-13(9-16)21(32)30-17-6-2-4-14(10-17)23(25,26)27/h1-11H,12,28H2,(H,29,31)(H,30,32). The average Bonchev–Trinajstić information content (AvgIpc) is 2.77. The minimum absolute atomic E-state index is 0.0544. The van der Waals surface area contributed by atoms with Crippen LogP contribution in [0.25, 0.3) is 0 Å².